The van der Waals surface area contributed by atoms with Gasteiger partial charge in [0.25, 0.3) is 10.0 Å². The van der Waals surface area contributed by atoms with E-state index in [1.165, 1.54) is 36.2 Å². The average molecular weight is 470 g/mol. The number of carbonyl (C=O) groups is 2. The summed E-state index contributed by atoms with van der Waals surface area (Å²) < 4.78 is 40.9. The van der Waals surface area contributed by atoms with Gasteiger partial charge >= 0.3 is 6.03 Å². The molecule has 172 valence electrons. The van der Waals surface area contributed by atoms with Crippen molar-refractivity contribution in [3.8, 4) is 0 Å². The molecule has 0 aliphatic carbocycles. The normalized spacial score (nSPS) is 12.0. The summed E-state index contributed by atoms with van der Waals surface area (Å²) in [6.45, 7) is 1.61. The van der Waals surface area contributed by atoms with Gasteiger partial charge in [-0.1, -0.05) is 54.6 Å². The minimum absolute atomic E-state index is 0.0389. The fourth-order valence-corrected chi connectivity index (χ4v) is 4.48. The van der Waals surface area contributed by atoms with Gasteiger partial charge in [0.05, 0.1) is 4.90 Å². The van der Waals surface area contributed by atoms with Crippen LogP contribution in [0.25, 0.3) is 0 Å². The van der Waals surface area contributed by atoms with Crippen LogP contribution in [0, 0.1) is 12.7 Å². The molecule has 7 nitrogen and oxygen atoms in total. The Balaban J connectivity index is 1.82. The second-order valence-electron chi connectivity index (χ2n) is 7.46. The lowest BCUT2D eigenvalue weighted by Crippen LogP contribution is -2.52. The van der Waals surface area contributed by atoms with Crippen LogP contribution in [0.4, 0.5) is 14.9 Å². The maximum Gasteiger partial charge on any atom is 0.329 e. The maximum atomic E-state index is 13.6. The molecule has 2 N–H and O–H groups in total. The van der Waals surface area contributed by atoms with Crippen molar-refractivity contribution in [2.24, 2.45) is 0 Å². The Morgan fingerprint density at radius 1 is 0.970 bits per heavy atom. The summed E-state index contributed by atoms with van der Waals surface area (Å²) in [6.07, 6.45) is 0.108. The number of rotatable bonds is 7. The van der Waals surface area contributed by atoms with Crippen molar-refractivity contribution < 1.29 is 22.4 Å². The van der Waals surface area contributed by atoms with Crippen LogP contribution in [0.2, 0.25) is 0 Å². The SMILES string of the molecule is Cc1ccccc1S(=O)(=O)NC(=O)NC(Cc1ccccc1)C(=O)N(C)c1cccc(F)c1. The smallest absolute Gasteiger partial charge is 0.325 e. The molecule has 1 unspecified atom stereocenters. The first kappa shape index (κ1) is 23.9. The summed E-state index contributed by atoms with van der Waals surface area (Å²) in [5.74, 6) is -1.05. The molecule has 0 saturated carbocycles. The molecular weight excluding hydrogens is 445 g/mol. The Hall–Kier alpha value is -3.72. The van der Waals surface area contributed by atoms with Gasteiger partial charge in [-0.2, -0.15) is 0 Å². The van der Waals surface area contributed by atoms with Crippen LogP contribution < -0.4 is 14.9 Å². The molecule has 3 aromatic carbocycles. The highest BCUT2D eigenvalue weighted by atomic mass is 32.2. The Morgan fingerprint density at radius 3 is 2.30 bits per heavy atom. The number of likely N-dealkylation sites (N-methyl/N-ethyl adjacent to an activating group) is 1. The van der Waals surface area contributed by atoms with E-state index in [0.717, 1.165) is 5.56 Å². The molecule has 0 bridgehead atoms. The maximum absolute atomic E-state index is 13.6. The van der Waals surface area contributed by atoms with Gasteiger partial charge in [-0.25, -0.2) is 22.3 Å². The fraction of sp³-hybridized carbons (Fsp3) is 0.167. The number of sulfonamides is 1. The quantitative estimate of drug-likeness (QED) is 0.555. The van der Waals surface area contributed by atoms with Crippen LogP contribution in [-0.2, 0) is 21.2 Å². The average Bonchev–Trinajstić information content (AvgIpc) is 2.78. The van der Waals surface area contributed by atoms with Crippen molar-refractivity contribution in [2.75, 3.05) is 11.9 Å². The van der Waals surface area contributed by atoms with Crippen molar-refractivity contribution >= 4 is 27.6 Å². The molecule has 9 heteroatoms. The van der Waals surface area contributed by atoms with E-state index in [0.29, 0.717) is 11.3 Å². The van der Waals surface area contributed by atoms with E-state index >= 15 is 0 Å². The molecule has 0 radical (unpaired) electrons. The van der Waals surface area contributed by atoms with Crippen LogP contribution in [-0.4, -0.2) is 33.4 Å². The van der Waals surface area contributed by atoms with Gasteiger partial charge < -0.3 is 10.2 Å². The highest BCUT2D eigenvalue weighted by Gasteiger charge is 2.28. The number of hydrogen-bond donors (Lipinski definition) is 2. The molecule has 0 spiro atoms. The number of amides is 3. The van der Waals surface area contributed by atoms with Crippen LogP contribution in [0.15, 0.2) is 83.8 Å². The van der Waals surface area contributed by atoms with Crippen LogP contribution in [0.3, 0.4) is 0 Å². The van der Waals surface area contributed by atoms with Gasteiger partial charge in [0, 0.05) is 19.2 Å². The van der Waals surface area contributed by atoms with E-state index in [9.17, 15) is 22.4 Å². The lowest BCUT2D eigenvalue weighted by atomic mass is 10.0. The highest BCUT2D eigenvalue weighted by Crippen LogP contribution is 2.17. The van der Waals surface area contributed by atoms with Gasteiger partial charge in [-0.15, -0.1) is 0 Å². The van der Waals surface area contributed by atoms with Crippen molar-refractivity contribution in [2.45, 2.75) is 24.3 Å². The number of benzene rings is 3. The molecular formula is C24H24FN3O4S. The zero-order chi connectivity index (χ0) is 24.0. The van der Waals surface area contributed by atoms with Gasteiger partial charge in [0.2, 0.25) is 5.91 Å². The number of hydrogen-bond acceptors (Lipinski definition) is 4. The largest absolute Gasteiger partial charge is 0.329 e. The third-order valence-electron chi connectivity index (χ3n) is 5.02. The van der Waals surface area contributed by atoms with E-state index in [1.807, 2.05) is 10.8 Å². The monoisotopic (exact) mass is 469 g/mol. The number of carbonyl (C=O) groups excluding carboxylic acids is 2. The summed E-state index contributed by atoms with van der Waals surface area (Å²) >= 11 is 0. The molecule has 3 aromatic rings. The lowest BCUT2D eigenvalue weighted by molar-refractivity contribution is -0.120. The topological polar surface area (TPSA) is 95.6 Å². The van der Waals surface area contributed by atoms with Crippen LogP contribution in [0.5, 0.6) is 0 Å². The molecule has 0 aliphatic heterocycles. The summed E-state index contributed by atoms with van der Waals surface area (Å²) in [7, 11) is -2.69. The standard InChI is InChI=1S/C24H24FN3O4S/c1-17-9-6-7-14-22(17)33(31,32)27-24(30)26-21(15-18-10-4-3-5-11-18)23(29)28(2)20-13-8-12-19(25)16-20/h3-14,16,21H,15H2,1-2H3,(H2,26,27,30). The van der Waals surface area contributed by atoms with E-state index in [4.69, 9.17) is 0 Å². The minimum atomic E-state index is -4.15. The molecule has 1 atom stereocenters. The third kappa shape index (κ3) is 6.17. The van der Waals surface area contributed by atoms with Crippen LogP contribution in [0.1, 0.15) is 11.1 Å². The van der Waals surface area contributed by atoms with E-state index in [-0.39, 0.29) is 11.3 Å². The third-order valence-corrected chi connectivity index (χ3v) is 6.51. The van der Waals surface area contributed by atoms with Crippen molar-refractivity contribution in [3.05, 3.63) is 95.8 Å². The van der Waals surface area contributed by atoms with Crippen LogP contribution >= 0.6 is 0 Å². The van der Waals surface area contributed by atoms with Gasteiger partial charge in [0.15, 0.2) is 0 Å². The fourth-order valence-electron chi connectivity index (χ4n) is 3.32. The number of urea groups is 1. The molecule has 3 amide bonds. The predicted octanol–water partition coefficient (Wildman–Crippen LogP) is 3.40. The number of anilines is 1. The summed E-state index contributed by atoms with van der Waals surface area (Å²) in [6, 6.07) is 18.5. The van der Waals surface area contributed by atoms with Gasteiger partial charge in [-0.05, 0) is 42.3 Å². The second kappa shape index (κ2) is 10.3. The summed E-state index contributed by atoms with van der Waals surface area (Å²) in [5, 5.41) is 2.46. The Kier molecular flexibility index (Phi) is 7.44. The number of nitrogens with one attached hydrogen (secondary N) is 2. The van der Waals surface area contributed by atoms with E-state index < -0.39 is 33.8 Å². The number of nitrogens with zero attached hydrogens (tertiary/aromatic N) is 1. The molecule has 0 aromatic heterocycles. The molecule has 3 rings (SSSR count). The second-order valence-corrected chi connectivity index (χ2v) is 9.11. The molecule has 0 fully saturated rings. The Morgan fingerprint density at radius 2 is 1.64 bits per heavy atom. The first-order chi connectivity index (χ1) is 15.7. The molecule has 33 heavy (non-hydrogen) atoms. The van der Waals surface area contributed by atoms with Crippen molar-refractivity contribution in [1.82, 2.24) is 10.0 Å². The lowest BCUT2D eigenvalue weighted by Gasteiger charge is -2.25. The molecule has 0 aliphatic rings. The first-order valence-electron chi connectivity index (χ1n) is 10.1. The molecule has 0 heterocycles. The Labute approximate surface area is 192 Å². The number of halogens is 1. The van der Waals surface area contributed by atoms with Gasteiger partial charge in [-0.3, -0.25) is 4.79 Å². The zero-order valence-corrected chi connectivity index (χ0v) is 19.0. The predicted molar refractivity (Wildman–Crippen MR) is 124 cm³/mol. The number of aryl methyl sites for hydroxylation is 1. The zero-order valence-electron chi connectivity index (χ0n) is 18.2. The summed E-state index contributed by atoms with van der Waals surface area (Å²) in [5.41, 5.74) is 1.53. The Bertz CT molecular complexity index is 1250. The van der Waals surface area contributed by atoms with E-state index in [1.54, 1.807) is 55.5 Å². The van der Waals surface area contributed by atoms with E-state index in [2.05, 4.69) is 5.32 Å². The minimum Gasteiger partial charge on any atom is -0.325 e. The summed E-state index contributed by atoms with van der Waals surface area (Å²) in [4.78, 5) is 27.0. The first-order valence-corrected chi connectivity index (χ1v) is 11.6. The molecule has 0 saturated heterocycles. The van der Waals surface area contributed by atoms with Crippen molar-refractivity contribution in [3.63, 3.8) is 0 Å². The van der Waals surface area contributed by atoms with Gasteiger partial charge in [0.1, 0.15) is 11.9 Å². The highest BCUT2D eigenvalue weighted by molar-refractivity contribution is 7.90. The van der Waals surface area contributed by atoms with Crippen molar-refractivity contribution in [1.29, 1.82) is 0 Å².